The summed E-state index contributed by atoms with van der Waals surface area (Å²) in [6, 6.07) is 10.6. The van der Waals surface area contributed by atoms with Crippen molar-refractivity contribution in [1.82, 2.24) is 0 Å². The van der Waals surface area contributed by atoms with Gasteiger partial charge in [-0.1, -0.05) is 23.2 Å². The molecule has 24 heavy (non-hydrogen) atoms. The molecule has 0 aliphatic heterocycles. The zero-order valence-electron chi connectivity index (χ0n) is 12.2. The number of ketones is 1. The second kappa shape index (κ2) is 6.12. The number of hydrogen-bond donors (Lipinski definition) is 0. The average molecular weight is 385 g/mol. The quantitative estimate of drug-likeness (QED) is 0.494. The molecule has 0 fully saturated rings. The fourth-order valence-electron chi connectivity index (χ4n) is 2.16. The Labute approximate surface area is 147 Å². The van der Waals surface area contributed by atoms with Crippen molar-refractivity contribution in [2.24, 2.45) is 0 Å². The molecular formula is C16H10Cl2O5S. The Bertz CT molecular complexity index is 1050. The Morgan fingerprint density at radius 1 is 1.08 bits per heavy atom. The molecule has 0 aliphatic carbocycles. The zero-order valence-corrected chi connectivity index (χ0v) is 14.6. The predicted molar refractivity (Wildman–Crippen MR) is 91.6 cm³/mol. The van der Waals surface area contributed by atoms with Crippen LogP contribution in [0.4, 0.5) is 0 Å². The lowest BCUT2D eigenvalue weighted by molar-refractivity contribution is 0.101. The van der Waals surface area contributed by atoms with Crippen LogP contribution in [0, 0.1) is 0 Å². The molecule has 0 radical (unpaired) electrons. The van der Waals surface area contributed by atoms with Crippen molar-refractivity contribution in [1.29, 1.82) is 0 Å². The van der Waals surface area contributed by atoms with Gasteiger partial charge in [0, 0.05) is 22.0 Å². The van der Waals surface area contributed by atoms with E-state index in [0.717, 1.165) is 6.26 Å². The Kier molecular flexibility index (Phi) is 4.29. The second-order valence-electron chi connectivity index (χ2n) is 5.05. The van der Waals surface area contributed by atoms with E-state index in [9.17, 15) is 13.2 Å². The minimum atomic E-state index is -3.65. The molecule has 0 saturated heterocycles. The maximum absolute atomic E-state index is 12.5. The lowest BCUT2D eigenvalue weighted by atomic mass is 10.1. The van der Waals surface area contributed by atoms with Gasteiger partial charge in [-0.2, -0.15) is 8.42 Å². The van der Waals surface area contributed by atoms with Crippen molar-refractivity contribution < 1.29 is 21.8 Å². The molecule has 124 valence electrons. The normalized spacial score (nSPS) is 11.6. The van der Waals surface area contributed by atoms with Crippen molar-refractivity contribution in [2.75, 3.05) is 6.26 Å². The van der Waals surface area contributed by atoms with E-state index in [2.05, 4.69) is 0 Å². The Balaban J connectivity index is 1.99. The minimum absolute atomic E-state index is 0.0747. The van der Waals surface area contributed by atoms with E-state index >= 15 is 0 Å². The summed E-state index contributed by atoms with van der Waals surface area (Å²) in [6.45, 7) is 0. The van der Waals surface area contributed by atoms with Crippen molar-refractivity contribution in [2.45, 2.75) is 0 Å². The molecule has 0 atom stereocenters. The summed E-state index contributed by atoms with van der Waals surface area (Å²) in [4.78, 5) is 12.5. The van der Waals surface area contributed by atoms with Crippen LogP contribution in [0.15, 0.2) is 46.9 Å². The van der Waals surface area contributed by atoms with Crippen LogP contribution in [0.5, 0.6) is 5.75 Å². The van der Waals surface area contributed by atoms with E-state index in [4.69, 9.17) is 31.8 Å². The van der Waals surface area contributed by atoms with Crippen LogP contribution in [-0.2, 0) is 10.1 Å². The molecule has 0 amide bonds. The van der Waals surface area contributed by atoms with E-state index < -0.39 is 15.9 Å². The van der Waals surface area contributed by atoms with Crippen molar-refractivity contribution in [3.8, 4) is 5.75 Å². The van der Waals surface area contributed by atoms with E-state index in [1.165, 1.54) is 24.3 Å². The first-order chi connectivity index (χ1) is 11.2. The van der Waals surface area contributed by atoms with Gasteiger partial charge in [0.05, 0.1) is 11.3 Å². The van der Waals surface area contributed by atoms with Crippen LogP contribution in [0.25, 0.3) is 11.0 Å². The molecule has 3 rings (SSSR count). The third-order valence-electron chi connectivity index (χ3n) is 3.14. The summed E-state index contributed by atoms with van der Waals surface area (Å²) in [6.07, 6.45) is 0.941. The van der Waals surface area contributed by atoms with Gasteiger partial charge in [0.2, 0.25) is 5.78 Å². The van der Waals surface area contributed by atoms with Crippen LogP contribution >= 0.6 is 23.2 Å². The number of fused-ring (bicyclic) bond motifs is 1. The summed E-state index contributed by atoms with van der Waals surface area (Å²) in [5, 5.41) is 1.27. The number of carbonyl (C=O) groups excluding carboxylic acids is 1. The third kappa shape index (κ3) is 3.56. The molecule has 5 nitrogen and oxygen atoms in total. The maximum Gasteiger partial charge on any atom is 0.306 e. The highest BCUT2D eigenvalue weighted by molar-refractivity contribution is 7.86. The number of furan rings is 1. The van der Waals surface area contributed by atoms with Gasteiger partial charge in [0.1, 0.15) is 11.3 Å². The van der Waals surface area contributed by atoms with Crippen LogP contribution in [-0.4, -0.2) is 20.5 Å². The van der Waals surface area contributed by atoms with E-state index in [-0.39, 0.29) is 22.1 Å². The summed E-state index contributed by atoms with van der Waals surface area (Å²) >= 11 is 11.9. The number of carbonyl (C=O) groups is 1. The Morgan fingerprint density at radius 2 is 1.83 bits per heavy atom. The molecule has 0 unspecified atom stereocenters. The van der Waals surface area contributed by atoms with Crippen molar-refractivity contribution >= 4 is 50.1 Å². The van der Waals surface area contributed by atoms with E-state index in [0.29, 0.717) is 16.0 Å². The van der Waals surface area contributed by atoms with Gasteiger partial charge in [-0.3, -0.25) is 4.79 Å². The number of benzene rings is 2. The molecule has 0 aliphatic rings. The molecule has 2 aromatic carbocycles. The highest BCUT2D eigenvalue weighted by Crippen LogP contribution is 2.28. The molecule has 8 heteroatoms. The molecule has 0 spiro atoms. The fourth-order valence-corrected chi connectivity index (χ4v) is 3.10. The molecule has 1 aromatic heterocycles. The van der Waals surface area contributed by atoms with E-state index in [1.807, 2.05) is 0 Å². The molecular weight excluding hydrogens is 375 g/mol. The van der Waals surface area contributed by atoms with Gasteiger partial charge in [0.25, 0.3) is 0 Å². The first-order valence-electron chi connectivity index (χ1n) is 6.66. The van der Waals surface area contributed by atoms with Gasteiger partial charge in [-0.25, -0.2) is 0 Å². The Morgan fingerprint density at radius 3 is 2.50 bits per heavy atom. The largest absolute Gasteiger partial charge is 0.452 e. The number of rotatable bonds is 4. The summed E-state index contributed by atoms with van der Waals surface area (Å²) in [5.74, 6) is -0.230. The van der Waals surface area contributed by atoms with Crippen LogP contribution in [0.3, 0.4) is 0 Å². The van der Waals surface area contributed by atoms with Crippen molar-refractivity contribution in [3.63, 3.8) is 0 Å². The monoisotopic (exact) mass is 384 g/mol. The first-order valence-corrected chi connectivity index (χ1v) is 9.23. The highest BCUT2D eigenvalue weighted by atomic mass is 35.5. The molecule has 0 N–H and O–H groups in total. The maximum atomic E-state index is 12.5. The second-order valence-corrected chi connectivity index (χ2v) is 7.47. The first kappa shape index (κ1) is 16.8. The smallest absolute Gasteiger partial charge is 0.306 e. The standard InChI is InChI=1S/C16H10Cl2O5S/c1-24(20,21)23-11-4-2-9-6-15(22-14(9)8-11)16(19)12-5-3-10(17)7-13(12)18/h2-8H,1H3. The van der Waals surface area contributed by atoms with Gasteiger partial charge in [-0.15, -0.1) is 0 Å². The lowest BCUT2D eigenvalue weighted by Crippen LogP contribution is -2.05. The number of hydrogen-bond acceptors (Lipinski definition) is 5. The molecule has 1 heterocycles. The summed E-state index contributed by atoms with van der Waals surface area (Å²) in [5.41, 5.74) is 0.581. The SMILES string of the molecule is CS(=O)(=O)Oc1ccc2cc(C(=O)c3ccc(Cl)cc3Cl)oc2c1. The zero-order chi connectivity index (χ0) is 17.5. The average Bonchev–Trinajstić information content (AvgIpc) is 2.88. The summed E-state index contributed by atoms with van der Waals surface area (Å²) in [7, 11) is -3.65. The molecule has 0 bridgehead atoms. The van der Waals surface area contributed by atoms with Gasteiger partial charge in [0.15, 0.2) is 5.76 Å². The highest BCUT2D eigenvalue weighted by Gasteiger charge is 2.18. The topological polar surface area (TPSA) is 73.6 Å². The van der Waals surface area contributed by atoms with Gasteiger partial charge >= 0.3 is 10.1 Å². The van der Waals surface area contributed by atoms with Crippen molar-refractivity contribution in [3.05, 3.63) is 63.8 Å². The summed E-state index contributed by atoms with van der Waals surface area (Å²) < 4.78 is 32.6. The van der Waals surface area contributed by atoms with Crippen LogP contribution in [0.2, 0.25) is 10.0 Å². The molecule has 3 aromatic rings. The van der Waals surface area contributed by atoms with Crippen LogP contribution < -0.4 is 4.18 Å². The number of halogens is 2. The Hall–Kier alpha value is -2.02. The fraction of sp³-hybridized carbons (Fsp3) is 0.0625. The predicted octanol–water partition coefficient (Wildman–Crippen LogP) is 4.31. The van der Waals surface area contributed by atoms with Gasteiger partial charge < -0.3 is 8.60 Å². The van der Waals surface area contributed by atoms with Gasteiger partial charge in [-0.05, 0) is 36.4 Å². The lowest BCUT2D eigenvalue weighted by Gasteiger charge is -2.02. The van der Waals surface area contributed by atoms with Crippen LogP contribution in [0.1, 0.15) is 16.1 Å². The minimum Gasteiger partial charge on any atom is -0.452 e. The van der Waals surface area contributed by atoms with E-state index in [1.54, 1.807) is 18.2 Å². The molecule has 0 saturated carbocycles. The third-order valence-corrected chi connectivity index (χ3v) is 4.18.